The van der Waals surface area contributed by atoms with Gasteiger partial charge in [-0.2, -0.15) is 0 Å². The van der Waals surface area contributed by atoms with Gasteiger partial charge in [0, 0.05) is 6.61 Å². The molecule has 0 bridgehead atoms. The molecule has 0 radical (unpaired) electrons. The molecule has 0 amide bonds. The van der Waals surface area contributed by atoms with Crippen molar-refractivity contribution in [2.75, 3.05) is 13.2 Å². The van der Waals surface area contributed by atoms with E-state index in [4.69, 9.17) is 5.11 Å². The van der Waals surface area contributed by atoms with E-state index in [0.717, 1.165) is 18.5 Å². The average Bonchev–Trinajstić information content (AvgIpc) is 2.46. The van der Waals surface area contributed by atoms with Crippen LogP contribution in [0.2, 0.25) is 0 Å². The van der Waals surface area contributed by atoms with Crippen LogP contribution in [0.3, 0.4) is 0 Å². The SMILES string of the molecule is OCCCN[C@H](c1ccccc1)c1ccc(O)cc1. The van der Waals surface area contributed by atoms with E-state index in [1.54, 1.807) is 12.1 Å². The molecule has 3 nitrogen and oxygen atoms in total. The van der Waals surface area contributed by atoms with Crippen LogP contribution in [-0.2, 0) is 0 Å². The number of hydrogen-bond acceptors (Lipinski definition) is 3. The Morgan fingerprint density at radius 1 is 0.895 bits per heavy atom. The average molecular weight is 257 g/mol. The van der Waals surface area contributed by atoms with Gasteiger partial charge in [0.15, 0.2) is 0 Å². The Bertz CT molecular complexity index is 482. The third-order valence-electron chi connectivity index (χ3n) is 3.04. The first-order valence-corrected chi connectivity index (χ1v) is 6.49. The van der Waals surface area contributed by atoms with Crippen LogP contribution in [0.5, 0.6) is 5.75 Å². The van der Waals surface area contributed by atoms with Gasteiger partial charge in [-0.05, 0) is 36.2 Å². The van der Waals surface area contributed by atoms with E-state index in [-0.39, 0.29) is 18.4 Å². The molecule has 19 heavy (non-hydrogen) atoms. The van der Waals surface area contributed by atoms with Gasteiger partial charge in [-0.15, -0.1) is 0 Å². The van der Waals surface area contributed by atoms with Crippen LogP contribution in [0.1, 0.15) is 23.6 Å². The second-order valence-corrected chi connectivity index (χ2v) is 4.47. The zero-order valence-corrected chi connectivity index (χ0v) is 10.8. The van der Waals surface area contributed by atoms with Crippen molar-refractivity contribution < 1.29 is 10.2 Å². The van der Waals surface area contributed by atoms with Gasteiger partial charge in [0.05, 0.1) is 6.04 Å². The van der Waals surface area contributed by atoms with Crippen molar-refractivity contribution in [2.45, 2.75) is 12.5 Å². The van der Waals surface area contributed by atoms with Gasteiger partial charge in [0.25, 0.3) is 0 Å². The summed E-state index contributed by atoms with van der Waals surface area (Å²) < 4.78 is 0. The van der Waals surface area contributed by atoms with Crippen LogP contribution >= 0.6 is 0 Å². The lowest BCUT2D eigenvalue weighted by Gasteiger charge is -2.19. The summed E-state index contributed by atoms with van der Waals surface area (Å²) >= 11 is 0. The van der Waals surface area contributed by atoms with Crippen LogP contribution in [0, 0.1) is 0 Å². The van der Waals surface area contributed by atoms with Gasteiger partial charge in [-0.1, -0.05) is 42.5 Å². The fourth-order valence-electron chi connectivity index (χ4n) is 2.07. The minimum atomic E-state index is 0.0772. The van der Waals surface area contributed by atoms with E-state index < -0.39 is 0 Å². The summed E-state index contributed by atoms with van der Waals surface area (Å²) in [5.74, 6) is 0.269. The number of aliphatic hydroxyl groups is 1. The van der Waals surface area contributed by atoms with Gasteiger partial charge >= 0.3 is 0 Å². The summed E-state index contributed by atoms with van der Waals surface area (Å²) in [6.07, 6.45) is 0.724. The molecule has 2 rings (SSSR count). The molecule has 0 fully saturated rings. The first-order valence-electron chi connectivity index (χ1n) is 6.49. The van der Waals surface area contributed by atoms with Crippen LogP contribution < -0.4 is 5.32 Å². The second-order valence-electron chi connectivity index (χ2n) is 4.47. The number of nitrogens with one attached hydrogen (secondary N) is 1. The molecule has 3 N–H and O–H groups in total. The molecule has 3 heteroatoms. The standard InChI is InChI=1S/C16H19NO2/c18-12-4-11-17-16(13-5-2-1-3-6-13)14-7-9-15(19)10-8-14/h1-3,5-10,16-19H,4,11-12H2/t16-/m1/s1. The molecule has 0 saturated heterocycles. The Labute approximate surface area is 113 Å². The van der Waals surface area contributed by atoms with Crippen LogP contribution in [0.4, 0.5) is 0 Å². The first kappa shape index (κ1) is 13.6. The van der Waals surface area contributed by atoms with E-state index in [9.17, 15) is 5.11 Å². The summed E-state index contributed by atoms with van der Waals surface area (Å²) in [7, 11) is 0. The van der Waals surface area contributed by atoms with Crippen LogP contribution in [0.15, 0.2) is 54.6 Å². The van der Waals surface area contributed by atoms with E-state index in [1.165, 1.54) is 5.56 Å². The molecule has 0 spiro atoms. The molecule has 0 aliphatic rings. The fraction of sp³-hybridized carbons (Fsp3) is 0.250. The highest BCUT2D eigenvalue weighted by molar-refractivity contribution is 5.34. The monoisotopic (exact) mass is 257 g/mol. The Morgan fingerprint density at radius 2 is 1.53 bits per heavy atom. The van der Waals surface area contributed by atoms with Crippen molar-refractivity contribution in [3.05, 3.63) is 65.7 Å². The quantitative estimate of drug-likeness (QED) is 0.697. The Kier molecular flexibility index (Phi) is 4.95. The Hall–Kier alpha value is -1.84. The van der Waals surface area contributed by atoms with Gasteiger partial charge in [0.2, 0.25) is 0 Å². The molecule has 0 aliphatic carbocycles. The summed E-state index contributed by atoms with van der Waals surface area (Å²) in [6.45, 7) is 0.932. The molecule has 0 aromatic heterocycles. The van der Waals surface area contributed by atoms with E-state index in [1.807, 2.05) is 30.3 Å². The summed E-state index contributed by atoms with van der Waals surface area (Å²) in [6, 6.07) is 17.5. The predicted molar refractivity (Wildman–Crippen MR) is 76.1 cm³/mol. The highest BCUT2D eigenvalue weighted by Crippen LogP contribution is 2.23. The van der Waals surface area contributed by atoms with Crippen molar-refractivity contribution in [1.29, 1.82) is 0 Å². The molecule has 1 atom stereocenters. The van der Waals surface area contributed by atoms with Gasteiger partial charge in [0.1, 0.15) is 5.75 Å². The molecule has 0 unspecified atom stereocenters. The van der Waals surface area contributed by atoms with E-state index in [0.29, 0.717) is 0 Å². The summed E-state index contributed by atoms with van der Waals surface area (Å²) in [5, 5.41) is 21.7. The van der Waals surface area contributed by atoms with Gasteiger partial charge in [-0.3, -0.25) is 0 Å². The number of phenolic OH excluding ortho intramolecular Hbond substituents is 1. The lowest BCUT2D eigenvalue weighted by Crippen LogP contribution is -2.24. The largest absolute Gasteiger partial charge is 0.508 e. The van der Waals surface area contributed by atoms with Crippen molar-refractivity contribution in [3.8, 4) is 5.75 Å². The van der Waals surface area contributed by atoms with Crippen LogP contribution in [-0.4, -0.2) is 23.4 Å². The number of aromatic hydroxyl groups is 1. The number of phenols is 1. The topological polar surface area (TPSA) is 52.5 Å². The maximum atomic E-state index is 9.37. The minimum Gasteiger partial charge on any atom is -0.508 e. The predicted octanol–water partition coefficient (Wildman–Crippen LogP) is 2.45. The molecule has 2 aromatic rings. The van der Waals surface area contributed by atoms with Crippen molar-refractivity contribution >= 4 is 0 Å². The third kappa shape index (κ3) is 3.81. The maximum absolute atomic E-state index is 9.37. The molecule has 0 saturated carbocycles. The van der Waals surface area contributed by atoms with Crippen molar-refractivity contribution in [1.82, 2.24) is 5.32 Å². The summed E-state index contributed by atoms with van der Waals surface area (Å²) in [5.41, 5.74) is 2.27. The highest BCUT2D eigenvalue weighted by atomic mass is 16.3. The molecule has 100 valence electrons. The molecule has 0 heterocycles. The summed E-state index contributed by atoms with van der Waals surface area (Å²) in [4.78, 5) is 0. The van der Waals surface area contributed by atoms with Gasteiger partial charge < -0.3 is 15.5 Å². The van der Waals surface area contributed by atoms with Crippen LogP contribution in [0.25, 0.3) is 0 Å². The molecular weight excluding hydrogens is 238 g/mol. The molecule has 2 aromatic carbocycles. The normalized spacial score (nSPS) is 12.3. The fourth-order valence-corrected chi connectivity index (χ4v) is 2.07. The lowest BCUT2D eigenvalue weighted by molar-refractivity contribution is 0.284. The number of benzene rings is 2. The molecular formula is C16H19NO2. The zero-order valence-electron chi connectivity index (χ0n) is 10.8. The smallest absolute Gasteiger partial charge is 0.115 e. The van der Waals surface area contributed by atoms with E-state index >= 15 is 0 Å². The van der Waals surface area contributed by atoms with Crippen molar-refractivity contribution in [2.24, 2.45) is 0 Å². The number of rotatable bonds is 6. The Morgan fingerprint density at radius 3 is 2.16 bits per heavy atom. The highest BCUT2D eigenvalue weighted by Gasteiger charge is 2.12. The second kappa shape index (κ2) is 6.92. The minimum absolute atomic E-state index is 0.0772. The molecule has 0 aliphatic heterocycles. The van der Waals surface area contributed by atoms with Gasteiger partial charge in [-0.25, -0.2) is 0 Å². The Balaban J connectivity index is 2.21. The third-order valence-corrected chi connectivity index (χ3v) is 3.04. The number of aliphatic hydroxyl groups excluding tert-OH is 1. The zero-order chi connectivity index (χ0) is 13.5. The van der Waals surface area contributed by atoms with Crippen molar-refractivity contribution in [3.63, 3.8) is 0 Å². The first-order chi connectivity index (χ1) is 9.31. The lowest BCUT2D eigenvalue weighted by atomic mass is 9.98. The maximum Gasteiger partial charge on any atom is 0.115 e. The number of hydrogen-bond donors (Lipinski definition) is 3. The van der Waals surface area contributed by atoms with E-state index in [2.05, 4.69) is 17.4 Å².